The van der Waals surface area contributed by atoms with Gasteiger partial charge < -0.3 is 20.3 Å². The number of carbonyl (C=O) groups is 1. The van der Waals surface area contributed by atoms with Crippen molar-refractivity contribution in [1.29, 1.82) is 0 Å². The van der Waals surface area contributed by atoms with E-state index in [1.165, 1.54) is 0 Å². The first kappa shape index (κ1) is 14.4. The van der Waals surface area contributed by atoms with E-state index in [0.717, 1.165) is 17.8 Å². The number of H-pyrrole nitrogens is 1. The number of phenols is 2. The Morgan fingerprint density at radius 1 is 1.33 bits per heavy atom. The molecule has 4 N–H and O–H groups in total. The first-order chi connectivity index (χ1) is 9.93. The highest BCUT2D eigenvalue weighted by Crippen LogP contribution is 2.34. The molecule has 1 aromatic heterocycles. The van der Waals surface area contributed by atoms with Crippen LogP contribution in [0.2, 0.25) is 0 Å². The number of carboxylic acid groups (broad SMARTS) is 1. The maximum Gasteiger partial charge on any atom is 0.339 e. The zero-order chi connectivity index (χ0) is 15.6. The van der Waals surface area contributed by atoms with Gasteiger partial charge in [0.1, 0.15) is 22.9 Å². The van der Waals surface area contributed by atoms with Gasteiger partial charge in [0.2, 0.25) is 0 Å². The number of phenolic OH excluding ortho intramolecular Hbond substituents is 1. The molecule has 21 heavy (non-hydrogen) atoms. The Bertz CT molecular complexity index is 744. The van der Waals surface area contributed by atoms with Gasteiger partial charge in [0.25, 0.3) is 0 Å². The maximum atomic E-state index is 10.9. The Morgan fingerprint density at radius 3 is 2.67 bits per heavy atom. The van der Waals surface area contributed by atoms with E-state index >= 15 is 0 Å². The third-order valence-corrected chi connectivity index (χ3v) is 2.91. The fourth-order valence-corrected chi connectivity index (χ4v) is 1.86. The van der Waals surface area contributed by atoms with Crippen LogP contribution in [0.15, 0.2) is 30.9 Å². The molecular formula is C15H14N2O4. The van der Waals surface area contributed by atoms with Crippen LogP contribution in [0.5, 0.6) is 11.5 Å². The van der Waals surface area contributed by atoms with E-state index in [1.807, 2.05) is 6.92 Å². The molecule has 0 bridgehead atoms. The molecule has 0 aliphatic heterocycles. The molecule has 1 aromatic carbocycles. The van der Waals surface area contributed by atoms with Crippen molar-refractivity contribution >= 4 is 12.0 Å². The minimum atomic E-state index is -1.32. The normalized spacial score (nSPS) is 10.9. The van der Waals surface area contributed by atoms with Gasteiger partial charge in [-0.2, -0.15) is 0 Å². The first-order valence-electron chi connectivity index (χ1n) is 6.09. The second-order valence-electron chi connectivity index (χ2n) is 4.38. The van der Waals surface area contributed by atoms with Gasteiger partial charge in [-0.1, -0.05) is 18.7 Å². The SMILES string of the molecule is C=C/C=C\c1nc(-c2cc(O)c(C(=O)O)cc2O)[nH]c1C. The molecule has 0 saturated heterocycles. The molecular weight excluding hydrogens is 272 g/mol. The van der Waals surface area contributed by atoms with Crippen LogP contribution >= 0.6 is 0 Å². The number of rotatable bonds is 4. The number of aromatic nitrogens is 2. The Labute approximate surface area is 120 Å². The molecule has 1 heterocycles. The van der Waals surface area contributed by atoms with Crippen LogP contribution in [0.25, 0.3) is 17.5 Å². The summed E-state index contributed by atoms with van der Waals surface area (Å²) in [5.41, 5.74) is 1.28. The first-order valence-corrected chi connectivity index (χ1v) is 6.09. The number of aromatic hydroxyl groups is 2. The highest BCUT2D eigenvalue weighted by molar-refractivity contribution is 5.92. The van der Waals surface area contributed by atoms with E-state index < -0.39 is 11.7 Å². The van der Waals surface area contributed by atoms with Gasteiger partial charge in [0.05, 0.1) is 11.3 Å². The predicted molar refractivity (Wildman–Crippen MR) is 78.3 cm³/mol. The lowest BCUT2D eigenvalue weighted by Crippen LogP contribution is -1.97. The molecule has 0 amide bonds. The number of aryl methyl sites for hydroxylation is 1. The Morgan fingerprint density at radius 2 is 2.05 bits per heavy atom. The summed E-state index contributed by atoms with van der Waals surface area (Å²) in [4.78, 5) is 18.1. The Hall–Kier alpha value is -3.02. The monoisotopic (exact) mass is 286 g/mol. The summed E-state index contributed by atoms with van der Waals surface area (Å²) in [6.07, 6.45) is 5.07. The quantitative estimate of drug-likeness (QED) is 0.510. The number of nitrogens with zero attached hydrogens (tertiary/aromatic N) is 1. The van der Waals surface area contributed by atoms with Crippen LogP contribution in [0.3, 0.4) is 0 Å². The largest absolute Gasteiger partial charge is 0.507 e. The second-order valence-corrected chi connectivity index (χ2v) is 4.38. The zero-order valence-corrected chi connectivity index (χ0v) is 11.3. The molecule has 0 radical (unpaired) electrons. The third-order valence-electron chi connectivity index (χ3n) is 2.91. The topological polar surface area (TPSA) is 106 Å². The minimum Gasteiger partial charge on any atom is -0.507 e. The molecule has 0 aliphatic carbocycles. The van der Waals surface area contributed by atoms with E-state index in [-0.39, 0.29) is 16.9 Å². The number of carboxylic acids is 1. The number of nitrogens with one attached hydrogen (secondary N) is 1. The van der Waals surface area contributed by atoms with E-state index in [0.29, 0.717) is 11.5 Å². The lowest BCUT2D eigenvalue weighted by atomic mass is 10.1. The summed E-state index contributed by atoms with van der Waals surface area (Å²) >= 11 is 0. The van der Waals surface area contributed by atoms with Gasteiger partial charge in [-0.15, -0.1) is 0 Å². The van der Waals surface area contributed by atoms with Crippen molar-refractivity contribution in [3.63, 3.8) is 0 Å². The van der Waals surface area contributed by atoms with Crippen LogP contribution < -0.4 is 0 Å². The standard InChI is InChI=1S/C15H14N2O4/c1-3-4-5-11-8(2)16-14(17-11)9-6-13(19)10(15(20)21)7-12(9)18/h3-7,18-19H,1H2,2H3,(H,16,17)(H,20,21)/b5-4-. The van der Waals surface area contributed by atoms with Crippen LogP contribution in [0, 0.1) is 6.92 Å². The number of aromatic amines is 1. The molecule has 0 saturated carbocycles. The maximum absolute atomic E-state index is 10.9. The van der Waals surface area contributed by atoms with Crippen molar-refractivity contribution in [2.45, 2.75) is 6.92 Å². The summed E-state index contributed by atoms with van der Waals surface area (Å²) in [6.45, 7) is 5.38. The van der Waals surface area contributed by atoms with Gasteiger partial charge in [0, 0.05) is 5.69 Å². The molecule has 6 heteroatoms. The molecule has 0 aliphatic rings. The number of benzene rings is 1. The molecule has 0 spiro atoms. The van der Waals surface area contributed by atoms with Gasteiger partial charge in [-0.05, 0) is 25.1 Å². The Balaban J connectivity index is 2.52. The average molecular weight is 286 g/mol. The van der Waals surface area contributed by atoms with Crippen molar-refractivity contribution in [3.05, 3.63) is 47.8 Å². The molecule has 6 nitrogen and oxygen atoms in total. The molecule has 0 fully saturated rings. The van der Waals surface area contributed by atoms with Crippen molar-refractivity contribution in [3.8, 4) is 22.9 Å². The van der Waals surface area contributed by atoms with Gasteiger partial charge >= 0.3 is 5.97 Å². The van der Waals surface area contributed by atoms with Gasteiger partial charge in [-0.3, -0.25) is 0 Å². The van der Waals surface area contributed by atoms with Crippen molar-refractivity contribution in [1.82, 2.24) is 9.97 Å². The molecule has 2 aromatic rings. The molecule has 108 valence electrons. The van der Waals surface area contributed by atoms with Crippen molar-refractivity contribution < 1.29 is 20.1 Å². The third kappa shape index (κ3) is 2.79. The predicted octanol–water partition coefficient (Wildman–Crippen LogP) is 2.69. The van der Waals surface area contributed by atoms with Gasteiger partial charge in [0.15, 0.2) is 0 Å². The molecule has 0 unspecified atom stereocenters. The number of imidazole rings is 1. The van der Waals surface area contributed by atoms with Crippen LogP contribution in [0.4, 0.5) is 0 Å². The number of aromatic carboxylic acids is 1. The van der Waals surface area contributed by atoms with Crippen LogP contribution in [-0.2, 0) is 0 Å². The second kappa shape index (κ2) is 5.54. The zero-order valence-electron chi connectivity index (χ0n) is 11.3. The van der Waals surface area contributed by atoms with Crippen molar-refractivity contribution in [2.24, 2.45) is 0 Å². The molecule has 2 rings (SSSR count). The number of hydrogen-bond donors (Lipinski definition) is 4. The summed E-state index contributed by atoms with van der Waals surface area (Å²) < 4.78 is 0. The molecule has 0 atom stereocenters. The number of allylic oxidation sites excluding steroid dienone is 2. The van der Waals surface area contributed by atoms with Crippen LogP contribution in [0.1, 0.15) is 21.7 Å². The highest BCUT2D eigenvalue weighted by atomic mass is 16.4. The summed E-state index contributed by atoms with van der Waals surface area (Å²) in [6, 6.07) is 2.15. The summed E-state index contributed by atoms with van der Waals surface area (Å²) in [5.74, 6) is -1.70. The van der Waals surface area contributed by atoms with E-state index in [2.05, 4.69) is 16.5 Å². The fourth-order valence-electron chi connectivity index (χ4n) is 1.86. The van der Waals surface area contributed by atoms with Crippen LogP contribution in [-0.4, -0.2) is 31.3 Å². The summed E-state index contributed by atoms with van der Waals surface area (Å²) in [5, 5.41) is 28.5. The Kier molecular flexibility index (Phi) is 3.80. The minimum absolute atomic E-state index is 0.221. The van der Waals surface area contributed by atoms with Crippen molar-refractivity contribution in [2.75, 3.05) is 0 Å². The smallest absolute Gasteiger partial charge is 0.339 e. The average Bonchev–Trinajstić information content (AvgIpc) is 2.79. The van der Waals surface area contributed by atoms with E-state index in [9.17, 15) is 15.0 Å². The highest BCUT2D eigenvalue weighted by Gasteiger charge is 2.17. The number of hydrogen-bond acceptors (Lipinski definition) is 4. The lowest BCUT2D eigenvalue weighted by molar-refractivity contribution is 0.0693. The summed E-state index contributed by atoms with van der Waals surface area (Å²) in [7, 11) is 0. The van der Waals surface area contributed by atoms with E-state index in [4.69, 9.17) is 5.11 Å². The van der Waals surface area contributed by atoms with E-state index in [1.54, 1.807) is 18.2 Å². The van der Waals surface area contributed by atoms with Gasteiger partial charge in [-0.25, -0.2) is 9.78 Å². The lowest BCUT2D eigenvalue weighted by Gasteiger charge is -2.05. The fraction of sp³-hybridized carbons (Fsp3) is 0.0667.